The predicted octanol–water partition coefficient (Wildman–Crippen LogP) is 4.65. The third-order valence-electron chi connectivity index (χ3n) is 3.60. The van der Waals surface area contributed by atoms with Crippen LogP contribution in [0.15, 0.2) is 53.0 Å². The summed E-state index contributed by atoms with van der Waals surface area (Å²) < 4.78 is 1.03. The van der Waals surface area contributed by atoms with E-state index in [0.717, 1.165) is 32.6 Å². The van der Waals surface area contributed by atoms with Crippen molar-refractivity contribution in [1.29, 1.82) is 10.5 Å². The van der Waals surface area contributed by atoms with Crippen LogP contribution in [-0.4, -0.2) is 16.3 Å². The normalized spacial score (nSPS) is 9.88. The molecule has 6 heteroatoms. The van der Waals surface area contributed by atoms with E-state index in [0.29, 0.717) is 17.0 Å². The lowest BCUT2D eigenvalue weighted by atomic mass is 10.2. The van der Waals surface area contributed by atoms with E-state index in [9.17, 15) is 4.79 Å². The van der Waals surface area contributed by atoms with Gasteiger partial charge in [-0.25, -0.2) is 0 Å². The van der Waals surface area contributed by atoms with Crippen molar-refractivity contribution < 1.29 is 4.79 Å². The van der Waals surface area contributed by atoms with E-state index in [4.69, 9.17) is 10.5 Å². The standard InChI is InChI=1S/C10H6N2O.C9H5BrN2/c11-5-9-4-8-3-7(6-13)1-2-10(8)12-9;10-7-1-2-9-6(3-7)4-8(5-11)12-9/h1-4,6,12H;1-4,12H. The minimum Gasteiger partial charge on any atom is -0.346 e. The predicted molar refractivity (Wildman–Crippen MR) is 99.1 cm³/mol. The van der Waals surface area contributed by atoms with E-state index in [-0.39, 0.29) is 0 Å². The molecule has 2 aromatic heterocycles. The van der Waals surface area contributed by atoms with Crippen LogP contribution in [0.5, 0.6) is 0 Å². The fourth-order valence-corrected chi connectivity index (χ4v) is 2.83. The molecule has 5 nitrogen and oxygen atoms in total. The number of carbonyl (C=O) groups is 1. The van der Waals surface area contributed by atoms with Crippen LogP contribution >= 0.6 is 15.9 Å². The summed E-state index contributed by atoms with van der Waals surface area (Å²) in [6.07, 6.45) is 0.790. The zero-order valence-corrected chi connectivity index (χ0v) is 14.5. The monoisotopic (exact) mass is 390 g/mol. The molecule has 2 N–H and O–H groups in total. The number of aromatic amines is 2. The van der Waals surface area contributed by atoms with Crippen LogP contribution in [0.25, 0.3) is 21.8 Å². The molecule has 0 fully saturated rings. The lowest BCUT2D eigenvalue weighted by Crippen LogP contribution is -1.76. The zero-order valence-electron chi connectivity index (χ0n) is 12.9. The van der Waals surface area contributed by atoms with Gasteiger partial charge < -0.3 is 9.97 Å². The van der Waals surface area contributed by atoms with Crippen molar-refractivity contribution >= 4 is 44.0 Å². The van der Waals surface area contributed by atoms with E-state index >= 15 is 0 Å². The molecule has 2 heterocycles. The van der Waals surface area contributed by atoms with Crippen LogP contribution in [-0.2, 0) is 0 Å². The fourth-order valence-electron chi connectivity index (χ4n) is 2.45. The summed E-state index contributed by atoms with van der Waals surface area (Å²) in [5.41, 5.74) is 3.61. The number of H-pyrrole nitrogens is 2. The maximum absolute atomic E-state index is 10.5. The van der Waals surface area contributed by atoms with Crippen molar-refractivity contribution in [2.75, 3.05) is 0 Å². The Morgan fingerprint density at radius 3 is 1.96 bits per heavy atom. The molecule has 0 radical (unpaired) electrons. The first-order chi connectivity index (χ1) is 12.1. The number of hydrogen-bond acceptors (Lipinski definition) is 3. The molecular formula is C19H11BrN4O. The van der Waals surface area contributed by atoms with Crippen molar-refractivity contribution in [3.63, 3.8) is 0 Å². The lowest BCUT2D eigenvalue weighted by Gasteiger charge is -1.89. The molecule has 4 rings (SSSR count). The third kappa shape index (κ3) is 3.60. The number of nitriles is 2. The van der Waals surface area contributed by atoms with E-state index in [1.54, 1.807) is 24.3 Å². The van der Waals surface area contributed by atoms with Gasteiger partial charge in [-0.1, -0.05) is 15.9 Å². The van der Waals surface area contributed by atoms with Gasteiger partial charge in [0.2, 0.25) is 0 Å². The number of nitrogens with one attached hydrogen (secondary N) is 2. The van der Waals surface area contributed by atoms with Gasteiger partial charge in [0.1, 0.15) is 29.8 Å². The summed E-state index contributed by atoms with van der Waals surface area (Å²) in [6.45, 7) is 0. The number of aldehydes is 1. The van der Waals surface area contributed by atoms with Gasteiger partial charge in [0.25, 0.3) is 0 Å². The molecule has 0 aliphatic rings. The minimum absolute atomic E-state index is 0.512. The van der Waals surface area contributed by atoms with Crippen LogP contribution in [0.1, 0.15) is 21.7 Å². The molecule has 25 heavy (non-hydrogen) atoms. The van der Waals surface area contributed by atoms with Crippen LogP contribution in [0, 0.1) is 22.7 Å². The molecular weight excluding hydrogens is 380 g/mol. The highest BCUT2D eigenvalue weighted by atomic mass is 79.9. The van der Waals surface area contributed by atoms with Gasteiger partial charge in [0, 0.05) is 31.8 Å². The Balaban J connectivity index is 0.000000146. The largest absolute Gasteiger partial charge is 0.346 e. The Morgan fingerprint density at radius 1 is 0.840 bits per heavy atom. The summed E-state index contributed by atoms with van der Waals surface area (Å²) in [5.74, 6) is 0. The number of rotatable bonds is 1. The second kappa shape index (κ2) is 7.04. The van der Waals surface area contributed by atoms with Gasteiger partial charge >= 0.3 is 0 Å². The molecule has 0 saturated heterocycles. The van der Waals surface area contributed by atoms with Gasteiger partial charge in [0.05, 0.1) is 0 Å². The Bertz CT molecular complexity index is 1160. The molecule has 0 atom stereocenters. The second-order valence-corrected chi connectivity index (χ2v) is 6.20. The Labute approximate surface area is 151 Å². The SMILES string of the molecule is N#Cc1cc2cc(Br)ccc2[nH]1.N#Cc1cc2cc(C=O)ccc2[nH]1. The Kier molecular flexibility index (Phi) is 4.65. The van der Waals surface area contributed by atoms with E-state index in [1.807, 2.05) is 30.3 Å². The maximum atomic E-state index is 10.5. The van der Waals surface area contributed by atoms with E-state index in [2.05, 4.69) is 32.0 Å². The molecule has 0 bridgehead atoms. The van der Waals surface area contributed by atoms with Crippen LogP contribution in [0.4, 0.5) is 0 Å². The van der Waals surface area contributed by atoms with Crippen LogP contribution < -0.4 is 0 Å². The fraction of sp³-hybridized carbons (Fsp3) is 0. The van der Waals surface area contributed by atoms with Gasteiger partial charge in [-0.15, -0.1) is 0 Å². The van der Waals surface area contributed by atoms with Crippen molar-refractivity contribution in [2.24, 2.45) is 0 Å². The van der Waals surface area contributed by atoms with Crippen molar-refractivity contribution in [1.82, 2.24) is 9.97 Å². The quantitative estimate of drug-likeness (QED) is 0.462. The summed E-state index contributed by atoms with van der Waals surface area (Å²) in [7, 11) is 0. The number of benzene rings is 2. The third-order valence-corrected chi connectivity index (χ3v) is 4.10. The highest BCUT2D eigenvalue weighted by Crippen LogP contribution is 2.20. The van der Waals surface area contributed by atoms with Gasteiger partial charge in [-0.2, -0.15) is 10.5 Å². The summed E-state index contributed by atoms with van der Waals surface area (Å²) in [6, 6.07) is 18.8. The number of carbonyl (C=O) groups excluding carboxylic acids is 1. The Hall–Kier alpha value is -3.35. The molecule has 0 aliphatic heterocycles. The first-order valence-electron chi connectivity index (χ1n) is 7.29. The molecule has 0 spiro atoms. The molecule has 120 valence electrons. The number of aromatic nitrogens is 2. The number of fused-ring (bicyclic) bond motifs is 2. The van der Waals surface area contributed by atoms with Crippen LogP contribution in [0.3, 0.4) is 0 Å². The van der Waals surface area contributed by atoms with Gasteiger partial charge in [-0.3, -0.25) is 4.79 Å². The maximum Gasteiger partial charge on any atom is 0.150 e. The molecule has 0 saturated carbocycles. The van der Waals surface area contributed by atoms with Crippen LogP contribution in [0.2, 0.25) is 0 Å². The average Bonchev–Trinajstić information content (AvgIpc) is 3.24. The highest BCUT2D eigenvalue weighted by molar-refractivity contribution is 9.10. The zero-order chi connectivity index (χ0) is 17.8. The van der Waals surface area contributed by atoms with Gasteiger partial charge in [0.15, 0.2) is 0 Å². The molecule has 4 aromatic rings. The highest BCUT2D eigenvalue weighted by Gasteiger charge is 2.00. The molecule has 2 aromatic carbocycles. The number of hydrogen-bond donors (Lipinski definition) is 2. The molecule has 0 aliphatic carbocycles. The van der Waals surface area contributed by atoms with E-state index < -0.39 is 0 Å². The first kappa shape index (κ1) is 16.5. The lowest BCUT2D eigenvalue weighted by molar-refractivity contribution is 0.112. The average molecular weight is 391 g/mol. The summed E-state index contributed by atoms with van der Waals surface area (Å²) >= 11 is 3.37. The summed E-state index contributed by atoms with van der Waals surface area (Å²) in [4.78, 5) is 16.4. The first-order valence-corrected chi connectivity index (χ1v) is 8.08. The smallest absolute Gasteiger partial charge is 0.150 e. The van der Waals surface area contributed by atoms with Crippen molar-refractivity contribution in [3.05, 3.63) is 70.0 Å². The topological polar surface area (TPSA) is 96.2 Å². The van der Waals surface area contributed by atoms with E-state index in [1.165, 1.54) is 0 Å². The Morgan fingerprint density at radius 2 is 1.40 bits per heavy atom. The molecule has 0 unspecified atom stereocenters. The van der Waals surface area contributed by atoms with Crippen molar-refractivity contribution in [2.45, 2.75) is 0 Å². The summed E-state index contributed by atoms with van der Waals surface area (Å²) in [5, 5.41) is 19.2. The number of nitrogens with zero attached hydrogens (tertiary/aromatic N) is 2. The van der Waals surface area contributed by atoms with Crippen molar-refractivity contribution in [3.8, 4) is 12.1 Å². The molecule has 0 amide bonds. The van der Waals surface area contributed by atoms with Gasteiger partial charge in [-0.05, 0) is 48.5 Å². The minimum atomic E-state index is 0.512. The second-order valence-electron chi connectivity index (χ2n) is 5.29. The number of halogens is 1.